The van der Waals surface area contributed by atoms with Gasteiger partial charge in [0.15, 0.2) is 0 Å². The van der Waals surface area contributed by atoms with Gasteiger partial charge in [0.2, 0.25) is 0 Å². The Morgan fingerprint density at radius 1 is 1.27 bits per heavy atom. The summed E-state index contributed by atoms with van der Waals surface area (Å²) in [6.07, 6.45) is 4.53. The predicted octanol–water partition coefficient (Wildman–Crippen LogP) is 3.54. The third kappa shape index (κ3) is 3.51. The molecule has 88 valence electrons. The maximum atomic E-state index is 12.0. The van der Waals surface area contributed by atoms with Crippen LogP contribution in [0.2, 0.25) is 0 Å². The zero-order valence-electron chi connectivity index (χ0n) is 10.7. The molecule has 0 aromatic rings. The molecule has 0 amide bonds. The van der Waals surface area contributed by atoms with E-state index in [0.717, 1.165) is 19.3 Å². The zero-order valence-corrected chi connectivity index (χ0v) is 10.7. The second kappa shape index (κ2) is 4.15. The number of esters is 1. The molecule has 1 unspecified atom stereocenters. The van der Waals surface area contributed by atoms with Gasteiger partial charge in [-0.2, -0.15) is 0 Å². The van der Waals surface area contributed by atoms with Crippen LogP contribution >= 0.6 is 0 Å². The van der Waals surface area contributed by atoms with E-state index in [2.05, 4.69) is 13.8 Å². The van der Waals surface area contributed by atoms with E-state index in [0.29, 0.717) is 0 Å². The summed E-state index contributed by atoms with van der Waals surface area (Å²) >= 11 is 0. The quantitative estimate of drug-likeness (QED) is 0.621. The molecule has 1 aliphatic rings. The van der Waals surface area contributed by atoms with Gasteiger partial charge in [0.25, 0.3) is 0 Å². The van der Waals surface area contributed by atoms with Gasteiger partial charge >= 0.3 is 5.97 Å². The first-order valence-corrected chi connectivity index (χ1v) is 5.95. The first-order valence-electron chi connectivity index (χ1n) is 5.95. The van der Waals surface area contributed by atoms with Crippen molar-refractivity contribution in [2.45, 2.75) is 65.9 Å². The molecule has 1 aliphatic carbocycles. The van der Waals surface area contributed by atoms with Crippen molar-refractivity contribution < 1.29 is 9.53 Å². The summed E-state index contributed by atoms with van der Waals surface area (Å²) in [5, 5.41) is 0. The zero-order chi connectivity index (χ0) is 11.7. The highest BCUT2D eigenvalue weighted by atomic mass is 16.6. The van der Waals surface area contributed by atoms with Crippen LogP contribution in [0.5, 0.6) is 0 Å². The van der Waals surface area contributed by atoms with Crippen molar-refractivity contribution in [1.82, 2.24) is 0 Å². The highest BCUT2D eigenvalue weighted by Crippen LogP contribution is 2.41. The first kappa shape index (κ1) is 12.5. The normalized spacial score (nSPS) is 26.1. The lowest BCUT2D eigenvalue weighted by molar-refractivity contribution is -0.166. The molecule has 0 saturated heterocycles. The minimum atomic E-state index is -0.357. The Morgan fingerprint density at radius 2 is 1.87 bits per heavy atom. The standard InChI is InChI=1S/C13H24O2/c1-12(2,3)15-11(14)10-8-6-7-9-13(10,4)5/h10H,6-9H2,1-5H3. The third-order valence-corrected chi connectivity index (χ3v) is 3.20. The van der Waals surface area contributed by atoms with E-state index < -0.39 is 0 Å². The number of hydrogen-bond donors (Lipinski definition) is 0. The van der Waals surface area contributed by atoms with Gasteiger partial charge in [-0.1, -0.05) is 26.7 Å². The molecule has 0 radical (unpaired) electrons. The molecule has 0 aromatic carbocycles. The lowest BCUT2D eigenvalue weighted by Crippen LogP contribution is -2.38. The molecule has 15 heavy (non-hydrogen) atoms. The molecule has 0 aliphatic heterocycles. The smallest absolute Gasteiger partial charge is 0.309 e. The fraction of sp³-hybridized carbons (Fsp3) is 0.923. The molecule has 1 fully saturated rings. The number of ether oxygens (including phenoxy) is 1. The lowest BCUT2D eigenvalue weighted by atomic mass is 9.69. The van der Waals surface area contributed by atoms with Crippen molar-refractivity contribution in [2.24, 2.45) is 11.3 Å². The van der Waals surface area contributed by atoms with Crippen LogP contribution in [0.25, 0.3) is 0 Å². The van der Waals surface area contributed by atoms with Crippen LogP contribution in [-0.2, 0) is 9.53 Å². The van der Waals surface area contributed by atoms with Gasteiger partial charge in [-0.25, -0.2) is 0 Å². The summed E-state index contributed by atoms with van der Waals surface area (Å²) in [4.78, 5) is 12.0. The largest absolute Gasteiger partial charge is 0.460 e. The molecule has 1 saturated carbocycles. The van der Waals surface area contributed by atoms with Crippen LogP contribution in [0.4, 0.5) is 0 Å². The van der Waals surface area contributed by atoms with Crippen molar-refractivity contribution in [2.75, 3.05) is 0 Å². The fourth-order valence-corrected chi connectivity index (χ4v) is 2.30. The van der Waals surface area contributed by atoms with E-state index >= 15 is 0 Å². The first-order chi connectivity index (χ1) is 6.72. The number of carbonyl (C=O) groups excluding carboxylic acids is 1. The Bertz CT molecular complexity index is 235. The van der Waals surface area contributed by atoms with Gasteiger partial charge in [0.05, 0.1) is 5.92 Å². The average molecular weight is 212 g/mol. The van der Waals surface area contributed by atoms with Crippen molar-refractivity contribution in [3.8, 4) is 0 Å². The van der Waals surface area contributed by atoms with Crippen LogP contribution in [-0.4, -0.2) is 11.6 Å². The molecular formula is C13H24O2. The monoisotopic (exact) mass is 212 g/mol. The van der Waals surface area contributed by atoms with E-state index in [1.165, 1.54) is 6.42 Å². The topological polar surface area (TPSA) is 26.3 Å². The second-order valence-corrected chi connectivity index (χ2v) is 6.32. The molecule has 0 spiro atoms. The SMILES string of the molecule is CC(C)(C)OC(=O)C1CCCCC1(C)C. The molecule has 0 heterocycles. The summed E-state index contributed by atoms with van der Waals surface area (Å²) in [5.74, 6) is 0.0812. The summed E-state index contributed by atoms with van der Waals surface area (Å²) in [5.41, 5.74) is -0.245. The fourth-order valence-electron chi connectivity index (χ4n) is 2.30. The van der Waals surface area contributed by atoms with Crippen LogP contribution < -0.4 is 0 Å². The Hall–Kier alpha value is -0.530. The molecule has 2 heteroatoms. The summed E-state index contributed by atoms with van der Waals surface area (Å²) in [6.45, 7) is 10.2. The minimum Gasteiger partial charge on any atom is -0.460 e. The number of hydrogen-bond acceptors (Lipinski definition) is 2. The van der Waals surface area contributed by atoms with E-state index in [9.17, 15) is 4.79 Å². The summed E-state index contributed by atoms with van der Waals surface area (Å²) in [7, 11) is 0. The van der Waals surface area contributed by atoms with Crippen LogP contribution in [0.3, 0.4) is 0 Å². The maximum absolute atomic E-state index is 12.0. The van der Waals surface area contributed by atoms with E-state index in [4.69, 9.17) is 4.74 Å². The Balaban J connectivity index is 2.65. The molecule has 0 bridgehead atoms. The molecule has 2 nitrogen and oxygen atoms in total. The highest BCUT2D eigenvalue weighted by Gasteiger charge is 2.39. The number of carbonyl (C=O) groups is 1. The maximum Gasteiger partial charge on any atom is 0.309 e. The highest BCUT2D eigenvalue weighted by molar-refractivity contribution is 5.73. The molecule has 1 atom stereocenters. The van der Waals surface area contributed by atoms with Gasteiger partial charge in [0.1, 0.15) is 5.60 Å². The van der Waals surface area contributed by atoms with Gasteiger partial charge in [-0.3, -0.25) is 4.79 Å². The second-order valence-electron chi connectivity index (χ2n) is 6.32. The average Bonchev–Trinajstić information content (AvgIpc) is 1.99. The van der Waals surface area contributed by atoms with Gasteiger partial charge in [-0.05, 0) is 39.0 Å². The van der Waals surface area contributed by atoms with Crippen molar-refractivity contribution >= 4 is 5.97 Å². The van der Waals surface area contributed by atoms with Crippen LogP contribution in [0.15, 0.2) is 0 Å². The van der Waals surface area contributed by atoms with Crippen LogP contribution in [0.1, 0.15) is 60.3 Å². The number of rotatable bonds is 1. The third-order valence-electron chi connectivity index (χ3n) is 3.20. The minimum absolute atomic E-state index is 0.00722. The molecular weight excluding hydrogens is 188 g/mol. The predicted molar refractivity (Wildman–Crippen MR) is 61.6 cm³/mol. The van der Waals surface area contributed by atoms with Gasteiger partial charge in [-0.15, -0.1) is 0 Å². The molecule has 0 N–H and O–H groups in total. The van der Waals surface area contributed by atoms with Gasteiger partial charge < -0.3 is 4.74 Å². The Morgan fingerprint density at radius 3 is 2.33 bits per heavy atom. The summed E-state index contributed by atoms with van der Waals surface area (Å²) < 4.78 is 5.47. The summed E-state index contributed by atoms with van der Waals surface area (Å²) in [6, 6.07) is 0. The molecule has 1 rings (SSSR count). The Labute approximate surface area is 93.4 Å². The van der Waals surface area contributed by atoms with E-state index in [1.807, 2.05) is 20.8 Å². The van der Waals surface area contributed by atoms with Crippen LogP contribution in [0, 0.1) is 11.3 Å². The van der Waals surface area contributed by atoms with E-state index in [-0.39, 0.29) is 22.9 Å². The van der Waals surface area contributed by atoms with Crippen molar-refractivity contribution in [3.63, 3.8) is 0 Å². The van der Waals surface area contributed by atoms with Crippen molar-refractivity contribution in [1.29, 1.82) is 0 Å². The Kier molecular flexibility index (Phi) is 3.47. The van der Waals surface area contributed by atoms with E-state index in [1.54, 1.807) is 0 Å². The van der Waals surface area contributed by atoms with Crippen molar-refractivity contribution in [3.05, 3.63) is 0 Å². The molecule has 0 aromatic heterocycles. The lowest BCUT2D eigenvalue weighted by Gasteiger charge is -2.38. The van der Waals surface area contributed by atoms with Gasteiger partial charge in [0, 0.05) is 0 Å².